The van der Waals surface area contributed by atoms with Gasteiger partial charge < -0.3 is 14.6 Å². The maximum absolute atomic E-state index is 12.3. The fraction of sp³-hybridized carbons (Fsp3) is 0.231. The number of amides is 1. The van der Waals surface area contributed by atoms with Crippen molar-refractivity contribution in [3.8, 4) is 5.75 Å². The minimum atomic E-state index is -0.120. The van der Waals surface area contributed by atoms with Crippen LogP contribution in [0.2, 0.25) is 10.0 Å². The molecule has 0 aliphatic heterocycles. The maximum atomic E-state index is 12.3. The number of nitrogens with zero attached hydrogens (tertiary/aromatic N) is 2. The third-order valence-corrected chi connectivity index (χ3v) is 5.78. The molecule has 5 nitrogen and oxygen atoms in total. The molecule has 7 heteroatoms. The van der Waals surface area contributed by atoms with Crippen LogP contribution in [-0.4, -0.2) is 28.6 Å². The van der Waals surface area contributed by atoms with Crippen molar-refractivity contribution in [1.82, 2.24) is 14.9 Å². The molecular formula is C26H25Cl2N3O2. The van der Waals surface area contributed by atoms with Gasteiger partial charge in [0, 0.05) is 35.1 Å². The van der Waals surface area contributed by atoms with Crippen LogP contribution in [0, 0.1) is 0 Å². The Kier molecular flexibility index (Phi) is 7.87. The molecule has 0 aliphatic carbocycles. The monoisotopic (exact) mass is 481 g/mol. The maximum Gasteiger partial charge on any atom is 0.251 e. The molecular weight excluding hydrogens is 457 g/mol. The lowest BCUT2D eigenvalue weighted by molar-refractivity contribution is 0.0953. The van der Waals surface area contributed by atoms with Gasteiger partial charge in [-0.3, -0.25) is 4.79 Å². The first kappa shape index (κ1) is 23.1. The average molecular weight is 482 g/mol. The number of aromatic nitrogens is 2. The number of fused-ring (bicyclic) bond motifs is 1. The van der Waals surface area contributed by atoms with Gasteiger partial charge in [-0.15, -0.1) is 0 Å². The Morgan fingerprint density at radius 3 is 2.58 bits per heavy atom. The van der Waals surface area contributed by atoms with Crippen molar-refractivity contribution < 1.29 is 9.53 Å². The number of carbonyl (C=O) groups excluding carboxylic acids is 1. The number of nitrogens with one attached hydrogen (secondary N) is 1. The summed E-state index contributed by atoms with van der Waals surface area (Å²) < 4.78 is 8.09. The van der Waals surface area contributed by atoms with Crippen LogP contribution in [0.25, 0.3) is 11.0 Å². The second-order valence-corrected chi connectivity index (χ2v) is 8.57. The number of hydrogen-bond acceptors (Lipinski definition) is 3. The summed E-state index contributed by atoms with van der Waals surface area (Å²) in [5, 5.41) is 4.21. The predicted octanol–water partition coefficient (Wildman–Crippen LogP) is 6.17. The quantitative estimate of drug-likeness (QED) is 0.275. The molecule has 170 valence electrons. The Morgan fingerprint density at radius 2 is 1.76 bits per heavy atom. The van der Waals surface area contributed by atoms with Gasteiger partial charge in [0.2, 0.25) is 0 Å². The van der Waals surface area contributed by atoms with Crippen LogP contribution in [0.3, 0.4) is 0 Å². The second kappa shape index (κ2) is 11.2. The van der Waals surface area contributed by atoms with Crippen molar-refractivity contribution in [2.24, 2.45) is 0 Å². The first-order chi connectivity index (χ1) is 16.1. The van der Waals surface area contributed by atoms with E-state index in [2.05, 4.69) is 16.0 Å². The number of halogens is 2. The number of para-hydroxylation sites is 2. The molecule has 0 atom stereocenters. The van der Waals surface area contributed by atoms with Crippen LogP contribution >= 0.6 is 23.2 Å². The van der Waals surface area contributed by atoms with E-state index in [-0.39, 0.29) is 5.91 Å². The summed E-state index contributed by atoms with van der Waals surface area (Å²) in [7, 11) is 0. The molecule has 0 saturated carbocycles. The normalized spacial score (nSPS) is 11.0. The first-order valence-corrected chi connectivity index (χ1v) is 11.7. The van der Waals surface area contributed by atoms with E-state index in [0.717, 1.165) is 48.4 Å². The van der Waals surface area contributed by atoms with Crippen molar-refractivity contribution in [3.63, 3.8) is 0 Å². The van der Waals surface area contributed by atoms with E-state index in [1.807, 2.05) is 42.5 Å². The fourth-order valence-corrected chi connectivity index (χ4v) is 4.01. The van der Waals surface area contributed by atoms with E-state index in [1.54, 1.807) is 24.3 Å². The number of ether oxygens (including phenoxy) is 1. The van der Waals surface area contributed by atoms with Crippen LogP contribution in [0.4, 0.5) is 0 Å². The average Bonchev–Trinajstić information content (AvgIpc) is 3.18. The van der Waals surface area contributed by atoms with Crippen LogP contribution < -0.4 is 10.1 Å². The highest BCUT2D eigenvalue weighted by Crippen LogP contribution is 2.19. The largest absolute Gasteiger partial charge is 0.494 e. The zero-order valence-electron chi connectivity index (χ0n) is 18.1. The molecule has 0 saturated heterocycles. The molecule has 4 aromatic rings. The van der Waals surface area contributed by atoms with Crippen LogP contribution in [0.5, 0.6) is 5.75 Å². The smallest absolute Gasteiger partial charge is 0.251 e. The number of aryl methyl sites for hydroxylation is 2. The lowest BCUT2D eigenvalue weighted by atomic mass is 10.2. The van der Waals surface area contributed by atoms with Crippen molar-refractivity contribution in [1.29, 1.82) is 0 Å². The van der Waals surface area contributed by atoms with E-state index < -0.39 is 0 Å². The third kappa shape index (κ3) is 6.28. The summed E-state index contributed by atoms with van der Waals surface area (Å²) >= 11 is 11.9. The molecule has 0 aliphatic rings. The summed E-state index contributed by atoms with van der Waals surface area (Å²) in [5.41, 5.74) is 2.66. The van der Waals surface area contributed by atoms with Crippen molar-refractivity contribution in [2.45, 2.75) is 25.8 Å². The van der Waals surface area contributed by atoms with Gasteiger partial charge in [-0.05, 0) is 67.4 Å². The molecule has 4 rings (SSSR count). The number of hydrogen-bond donors (Lipinski definition) is 1. The van der Waals surface area contributed by atoms with Crippen molar-refractivity contribution in [2.75, 3.05) is 13.2 Å². The van der Waals surface area contributed by atoms with E-state index in [4.69, 9.17) is 32.9 Å². The number of rotatable bonds is 10. The van der Waals surface area contributed by atoms with E-state index in [0.29, 0.717) is 28.8 Å². The molecule has 0 bridgehead atoms. The van der Waals surface area contributed by atoms with Crippen molar-refractivity contribution in [3.05, 3.63) is 94.2 Å². The molecule has 0 radical (unpaired) electrons. The third-order valence-electron chi connectivity index (χ3n) is 5.29. The van der Waals surface area contributed by atoms with Crippen LogP contribution in [-0.2, 0) is 13.0 Å². The highest BCUT2D eigenvalue weighted by atomic mass is 35.5. The van der Waals surface area contributed by atoms with Gasteiger partial charge in [0.25, 0.3) is 5.91 Å². The summed E-state index contributed by atoms with van der Waals surface area (Å²) in [6, 6.07) is 22.5. The molecule has 3 aromatic carbocycles. The van der Waals surface area contributed by atoms with Gasteiger partial charge >= 0.3 is 0 Å². The molecule has 1 amide bonds. The summed E-state index contributed by atoms with van der Waals surface area (Å²) in [6.45, 7) is 1.97. The van der Waals surface area contributed by atoms with E-state index in [9.17, 15) is 4.79 Å². The Hall–Kier alpha value is -3.02. The van der Waals surface area contributed by atoms with Crippen LogP contribution in [0.15, 0.2) is 72.8 Å². The van der Waals surface area contributed by atoms with Gasteiger partial charge in [0.05, 0.1) is 17.6 Å². The molecule has 1 aromatic heterocycles. The molecule has 33 heavy (non-hydrogen) atoms. The lowest BCUT2D eigenvalue weighted by Crippen LogP contribution is -2.25. The SMILES string of the molecule is O=C(NCCCc1nc2ccccc2n1CCCOc1ccc(Cl)cc1)c1cccc(Cl)c1. The van der Waals surface area contributed by atoms with Gasteiger partial charge in [0.15, 0.2) is 0 Å². The molecule has 0 unspecified atom stereocenters. The zero-order chi connectivity index (χ0) is 23.0. The Morgan fingerprint density at radius 1 is 0.939 bits per heavy atom. The van der Waals surface area contributed by atoms with E-state index >= 15 is 0 Å². The zero-order valence-corrected chi connectivity index (χ0v) is 19.6. The summed E-state index contributed by atoms with van der Waals surface area (Å²) in [4.78, 5) is 17.1. The first-order valence-electron chi connectivity index (χ1n) is 11.0. The molecule has 1 N–H and O–H groups in total. The Bertz CT molecular complexity index is 1220. The number of benzene rings is 3. The van der Waals surface area contributed by atoms with E-state index in [1.165, 1.54) is 0 Å². The minimum absolute atomic E-state index is 0.120. The summed E-state index contributed by atoms with van der Waals surface area (Å²) in [6.07, 6.45) is 2.40. The van der Waals surface area contributed by atoms with Gasteiger partial charge in [-0.25, -0.2) is 4.98 Å². The Balaban J connectivity index is 1.32. The highest BCUT2D eigenvalue weighted by Gasteiger charge is 2.11. The second-order valence-electron chi connectivity index (χ2n) is 7.69. The van der Waals surface area contributed by atoms with Gasteiger partial charge in [-0.2, -0.15) is 0 Å². The Labute approximate surface area is 203 Å². The van der Waals surface area contributed by atoms with Crippen molar-refractivity contribution >= 4 is 40.1 Å². The summed E-state index contributed by atoms with van der Waals surface area (Å²) in [5.74, 6) is 1.70. The molecule has 1 heterocycles. The fourth-order valence-electron chi connectivity index (χ4n) is 3.69. The topological polar surface area (TPSA) is 56.2 Å². The van der Waals surface area contributed by atoms with Gasteiger partial charge in [0.1, 0.15) is 11.6 Å². The lowest BCUT2D eigenvalue weighted by Gasteiger charge is -2.11. The standard InChI is InChI=1S/C26H25Cl2N3O2/c27-20-11-13-22(14-12-20)33-17-5-16-31-24-9-2-1-8-23(24)30-25(31)10-4-15-29-26(32)19-6-3-7-21(28)18-19/h1-3,6-9,11-14,18H,4-5,10,15-17H2,(H,29,32). The number of imidazole rings is 1. The van der Waals surface area contributed by atoms with Gasteiger partial charge in [-0.1, -0.05) is 41.4 Å². The highest BCUT2D eigenvalue weighted by molar-refractivity contribution is 6.31. The predicted molar refractivity (Wildman–Crippen MR) is 133 cm³/mol. The molecule has 0 fully saturated rings. The van der Waals surface area contributed by atoms with Crippen LogP contribution in [0.1, 0.15) is 29.0 Å². The number of carbonyl (C=O) groups is 1. The molecule has 0 spiro atoms. The minimum Gasteiger partial charge on any atom is -0.494 e.